The van der Waals surface area contributed by atoms with E-state index in [2.05, 4.69) is 83.1 Å². The second-order valence-electron chi connectivity index (χ2n) is 7.35. The van der Waals surface area contributed by atoms with Crippen LogP contribution in [0.5, 0.6) is 0 Å². The Hall–Kier alpha value is -2.87. The molecule has 26 heavy (non-hydrogen) atoms. The zero-order valence-corrected chi connectivity index (χ0v) is 16.0. The molecular formula is C24H23NO. The number of furan rings is 1. The third-order valence-corrected chi connectivity index (χ3v) is 4.82. The topological polar surface area (TPSA) is 26.0 Å². The van der Waals surface area contributed by atoms with Crippen LogP contribution in [-0.4, -0.2) is 4.98 Å². The summed E-state index contributed by atoms with van der Waals surface area (Å²) < 4.78 is 6.17. The van der Waals surface area contributed by atoms with Gasteiger partial charge >= 0.3 is 0 Å². The van der Waals surface area contributed by atoms with E-state index in [9.17, 15) is 0 Å². The van der Waals surface area contributed by atoms with E-state index in [1.165, 1.54) is 33.4 Å². The lowest BCUT2D eigenvalue weighted by Crippen LogP contribution is -1.88. The summed E-state index contributed by atoms with van der Waals surface area (Å²) >= 11 is 0. The van der Waals surface area contributed by atoms with Gasteiger partial charge in [-0.05, 0) is 76.1 Å². The minimum absolute atomic E-state index is 0.691. The van der Waals surface area contributed by atoms with Gasteiger partial charge in [-0.1, -0.05) is 34.9 Å². The van der Waals surface area contributed by atoms with E-state index in [0.717, 1.165) is 22.4 Å². The smallest absolute Gasteiger partial charge is 0.227 e. The minimum atomic E-state index is 0.691. The van der Waals surface area contributed by atoms with Gasteiger partial charge in [-0.2, -0.15) is 0 Å². The first kappa shape index (κ1) is 16.6. The molecule has 0 aliphatic rings. The number of aromatic nitrogens is 1. The number of nitrogens with zero attached hydrogens (tertiary/aromatic N) is 1. The molecule has 0 aliphatic carbocycles. The molecule has 0 atom stereocenters. The number of benzene rings is 2. The predicted octanol–water partition coefficient (Wildman–Crippen LogP) is 6.70. The molecule has 0 saturated carbocycles. The Labute approximate surface area is 154 Å². The van der Waals surface area contributed by atoms with Gasteiger partial charge in [-0.3, -0.25) is 0 Å². The molecule has 0 bridgehead atoms. The zero-order valence-electron chi connectivity index (χ0n) is 16.0. The van der Waals surface area contributed by atoms with Crippen LogP contribution in [0.1, 0.15) is 27.8 Å². The molecule has 0 unspecified atom stereocenters. The maximum atomic E-state index is 6.17. The molecule has 0 aliphatic heterocycles. The van der Waals surface area contributed by atoms with Crippen molar-refractivity contribution in [1.29, 1.82) is 0 Å². The average Bonchev–Trinajstić information content (AvgIpc) is 2.95. The van der Waals surface area contributed by atoms with Crippen molar-refractivity contribution in [3.8, 4) is 22.6 Å². The highest BCUT2D eigenvalue weighted by molar-refractivity contribution is 5.83. The van der Waals surface area contributed by atoms with Crippen LogP contribution in [0.15, 0.2) is 52.9 Å². The fourth-order valence-corrected chi connectivity index (χ4v) is 3.89. The molecule has 2 heteroatoms. The van der Waals surface area contributed by atoms with Gasteiger partial charge < -0.3 is 4.42 Å². The second-order valence-corrected chi connectivity index (χ2v) is 7.35. The van der Waals surface area contributed by atoms with Crippen molar-refractivity contribution >= 4 is 11.1 Å². The van der Waals surface area contributed by atoms with Crippen LogP contribution >= 0.6 is 0 Å². The SMILES string of the molecule is Cc1cc(C)cc(-c2ccc3cc(-c4c(C)cc(C)cc4C)oc3n2)c1. The molecule has 0 radical (unpaired) electrons. The van der Waals surface area contributed by atoms with Gasteiger partial charge in [-0.25, -0.2) is 4.98 Å². The Morgan fingerprint density at radius 2 is 1.31 bits per heavy atom. The molecular weight excluding hydrogens is 318 g/mol. The lowest BCUT2D eigenvalue weighted by Gasteiger charge is -2.08. The lowest BCUT2D eigenvalue weighted by molar-refractivity contribution is 0.618. The van der Waals surface area contributed by atoms with Crippen molar-refractivity contribution in [2.75, 3.05) is 0 Å². The van der Waals surface area contributed by atoms with Gasteiger partial charge in [0.05, 0.1) is 5.69 Å². The lowest BCUT2D eigenvalue weighted by atomic mass is 9.98. The van der Waals surface area contributed by atoms with E-state index in [1.807, 2.05) is 0 Å². The summed E-state index contributed by atoms with van der Waals surface area (Å²) in [7, 11) is 0. The fraction of sp³-hybridized carbons (Fsp3) is 0.208. The van der Waals surface area contributed by atoms with Crippen molar-refractivity contribution in [3.63, 3.8) is 0 Å². The molecule has 4 aromatic rings. The van der Waals surface area contributed by atoms with Gasteiger partial charge in [-0.15, -0.1) is 0 Å². The number of pyridine rings is 1. The molecule has 2 aromatic heterocycles. The highest BCUT2D eigenvalue weighted by Gasteiger charge is 2.13. The summed E-state index contributed by atoms with van der Waals surface area (Å²) in [6, 6.07) is 17.2. The number of aryl methyl sites for hydroxylation is 5. The highest BCUT2D eigenvalue weighted by atomic mass is 16.3. The van der Waals surface area contributed by atoms with Crippen LogP contribution < -0.4 is 0 Å². The molecule has 0 amide bonds. The van der Waals surface area contributed by atoms with Crippen molar-refractivity contribution in [1.82, 2.24) is 4.98 Å². The fourth-order valence-electron chi connectivity index (χ4n) is 3.89. The summed E-state index contributed by atoms with van der Waals surface area (Å²) in [5.74, 6) is 0.889. The Morgan fingerprint density at radius 1 is 0.692 bits per heavy atom. The molecule has 0 fully saturated rings. The molecule has 130 valence electrons. The third kappa shape index (κ3) is 2.92. The standard InChI is InChI=1S/C24H23NO/c1-14-8-15(2)12-20(11-14)21-7-6-19-13-22(26-24(19)25-21)23-17(4)9-16(3)10-18(23)5/h6-13H,1-5H3. The van der Waals surface area contributed by atoms with E-state index in [4.69, 9.17) is 9.40 Å². The Bertz CT molecular complexity index is 1090. The van der Waals surface area contributed by atoms with Crippen molar-refractivity contribution in [2.24, 2.45) is 0 Å². The normalized spacial score (nSPS) is 11.3. The summed E-state index contributed by atoms with van der Waals surface area (Å²) in [6.45, 7) is 10.6. The van der Waals surface area contributed by atoms with Crippen LogP contribution in [0.4, 0.5) is 0 Å². The Kier molecular flexibility index (Phi) is 3.91. The van der Waals surface area contributed by atoms with E-state index in [1.54, 1.807) is 0 Å². The first-order valence-electron chi connectivity index (χ1n) is 8.98. The Balaban J connectivity index is 1.84. The molecule has 2 heterocycles. The first-order chi connectivity index (χ1) is 12.4. The molecule has 0 saturated heterocycles. The van der Waals surface area contributed by atoms with Gasteiger partial charge in [0, 0.05) is 16.5 Å². The first-order valence-corrected chi connectivity index (χ1v) is 8.98. The summed E-state index contributed by atoms with van der Waals surface area (Å²) in [4.78, 5) is 4.78. The minimum Gasteiger partial charge on any atom is -0.438 e. The van der Waals surface area contributed by atoms with Crippen LogP contribution in [0.2, 0.25) is 0 Å². The summed E-state index contributed by atoms with van der Waals surface area (Å²) in [5.41, 5.74) is 10.2. The van der Waals surface area contributed by atoms with Crippen LogP contribution in [0.3, 0.4) is 0 Å². The molecule has 0 N–H and O–H groups in total. The third-order valence-electron chi connectivity index (χ3n) is 4.82. The number of fused-ring (bicyclic) bond motifs is 1. The van der Waals surface area contributed by atoms with Crippen molar-refractivity contribution in [2.45, 2.75) is 34.6 Å². The van der Waals surface area contributed by atoms with Gasteiger partial charge in [0.2, 0.25) is 5.71 Å². The van der Waals surface area contributed by atoms with E-state index in [0.29, 0.717) is 5.71 Å². The van der Waals surface area contributed by atoms with E-state index < -0.39 is 0 Å². The van der Waals surface area contributed by atoms with Crippen molar-refractivity contribution in [3.05, 3.63) is 76.3 Å². The maximum absolute atomic E-state index is 6.17. The molecule has 4 rings (SSSR count). The van der Waals surface area contributed by atoms with Gasteiger partial charge in [0.25, 0.3) is 0 Å². The van der Waals surface area contributed by atoms with E-state index >= 15 is 0 Å². The zero-order chi connectivity index (χ0) is 18.4. The maximum Gasteiger partial charge on any atom is 0.227 e. The van der Waals surface area contributed by atoms with Crippen LogP contribution in [0, 0.1) is 34.6 Å². The van der Waals surface area contributed by atoms with Gasteiger partial charge in [0.1, 0.15) is 5.76 Å². The quantitative estimate of drug-likeness (QED) is 0.405. The number of rotatable bonds is 2. The molecule has 2 aromatic carbocycles. The largest absolute Gasteiger partial charge is 0.438 e. The highest BCUT2D eigenvalue weighted by Crippen LogP contribution is 2.33. The molecule has 2 nitrogen and oxygen atoms in total. The van der Waals surface area contributed by atoms with Gasteiger partial charge in [0.15, 0.2) is 0 Å². The Morgan fingerprint density at radius 3 is 1.96 bits per heavy atom. The van der Waals surface area contributed by atoms with Crippen LogP contribution in [-0.2, 0) is 0 Å². The summed E-state index contributed by atoms with van der Waals surface area (Å²) in [5, 5.41) is 1.03. The average molecular weight is 341 g/mol. The number of hydrogen-bond acceptors (Lipinski definition) is 2. The van der Waals surface area contributed by atoms with E-state index in [-0.39, 0.29) is 0 Å². The monoisotopic (exact) mass is 341 g/mol. The molecule has 0 spiro atoms. The second kappa shape index (κ2) is 6.14. The number of hydrogen-bond donors (Lipinski definition) is 0. The predicted molar refractivity (Wildman–Crippen MR) is 109 cm³/mol. The van der Waals surface area contributed by atoms with Crippen molar-refractivity contribution < 1.29 is 4.42 Å². The summed E-state index contributed by atoms with van der Waals surface area (Å²) in [6.07, 6.45) is 0. The van der Waals surface area contributed by atoms with Crippen LogP contribution in [0.25, 0.3) is 33.7 Å².